The summed E-state index contributed by atoms with van der Waals surface area (Å²) in [5, 5.41) is 10.9. The Morgan fingerprint density at radius 2 is 1.62 bits per heavy atom. The van der Waals surface area contributed by atoms with Crippen molar-refractivity contribution < 1.29 is 14.6 Å². The maximum atomic E-state index is 12.1. The molecule has 3 nitrogen and oxygen atoms in total. The molecule has 0 bridgehead atoms. The zero-order valence-electron chi connectivity index (χ0n) is 19.1. The summed E-state index contributed by atoms with van der Waals surface area (Å²) in [4.78, 5) is 12.1. The first kappa shape index (κ1) is 22.7. The van der Waals surface area contributed by atoms with Crippen molar-refractivity contribution in [2.24, 2.45) is 0 Å². The van der Waals surface area contributed by atoms with Crippen molar-refractivity contribution in [2.75, 3.05) is 0 Å². The highest BCUT2D eigenvalue weighted by Gasteiger charge is 2.26. The largest absolute Gasteiger partial charge is 0.507 e. The van der Waals surface area contributed by atoms with Crippen molar-refractivity contribution in [3.8, 4) is 11.5 Å². The average Bonchev–Trinajstić information content (AvgIpc) is 2.58. The molecule has 0 saturated carbocycles. The Kier molecular flexibility index (Phi) is 6.32. The molecule has 0 spiro atoms. The number of aromatic hydroxyl groups is 1. The lowest BCUT2D eigenvalue weighted by Crippen LogP contribution is -2.18. The fraction of sp³-hybridized carbons (Fsp3) is 0.423. The number of esters is 1. The van der Waals surface area contributed by atoms with Gasteiger partial charge in [-0.2, -0.15) is 0 Å². The summed E-state index contributed by atoms with van der Waals surface area (Å²) in [6, 6.07) is 8.14. The van der Waals surface area contributed by atoms with Gasteiger partial charge in [-0.1, -0.05) is 78.0 Å². The number of hydrogen-bond acceptors (Lipinski definition) is 3. The topological polar surface area (TPSA) is 46.5 Å². The minimum atomic E-state index is -0.481. The van der Waals surface area contributed by atoms with Gasteiger partial charge in [0.05, 0.1) is 0 Å². The van der Waals surface area contributed by atoms with Gasteiger partial charge in [-0.05, 0) is 35.8 Å². The van der Waals surface area contributed by atoms with Crippen LogP contribution in [-0.2, 0) is 22.0 Å². The number of rotatable bonds is 4. The first-order chi connectivity index (χ1) is 13.3. The Bertz CT molecular complexity index is 938. The SMILES string of the molecule is C=CC(=O)Oc1c(Cc2c(C(C)(C)C)ccc(C)c2O)cc(C)cc1C(C)(C)C. The van der Waals surface area contributed by atoms with Gasteiger partial charge in [0.2, 0.25) is 0 Å². The molecule has 0 aromatic heterocycles. The van der Waals surface area contributed by atoms with E-state index in [2.05, 4.69) is 60.3 Å². The third kappa shape index (κ3) is 5.09. The predicted molar refractivity (Wildman–Crippen MR) is 120 cm³/mol. The summed E-state index contributed by atoms with van der Waals surface area (Å²) in [7, 11) is 0. The van der Waals surface area contributed by atoms with Crippen molar-refractivity contribution >= 4 is 5.97 Å². The van der Waals surface area contributed by atoms with Gasteiger partial charge in [0.25, 0.3) is 0 Å². The lowest BCUT2D eigenvalue weighted by Gasteiger charge is -2.27. The molecule has 0 saturated heterocycles. The molecule has 3 heteroatoms. The van der Waals surface area contributed by atoms with Crippen LogP contribution >= 0.6 is 0 Å². The number of carbonyl (C=O) groups is 1. The highest BCUT2D eigenvalue weighted by atomic mass is 16.5. The summed E-state index contributed by atoms with van der Waals surface area (Å²) in [5.41, 5.74) is 5.39. The Morgan fingerprint density at radius 1 is 1.03 bits per heavy atom. The van der Waals surface area contributed by atoms with Gasteiger partial charge >= 0.3 is 5.97 Å². The highest BCUT2D eigenvalue weighted by molar-refractivity contribution is 5.84. The maximum absolute atomic E-state index is 12.1. The molecule has 0 aliphatic rings. The summed E-state index contributed by atoms with van der Waals surface area (Å²) in [6.45, 7) is 20.2. The molecule has 2 rings (SSSR count). The van der Waals surface area contributed by atoms with Crippen LogP contribution in [0, 0.1) is 13.8 Å². The van der Waals surface area contributed by atoms with Gasteiger partial charge in [-0.25, -0.2) is 4.79 Å². The zero-order chi connectivity index (χ0) is 22.1. The molecule has 0 radical (unpaired) electrons. The Hall–Kier alpha value is -2.55. The number of carbonyl (C=O) groups excluding carboxylic acids is 1. The van der Waals surface area contributed by atoms with E-state index in [1.807, 2.05) is 26.0 Å². The summed E-state index contributed by atoms with van der Waals surface area (Å²) >= 11 is 0. The van der Waals surface area contributed by atoms with Crippen molar-refractivity contribution in [3.63, 3.8) is 0 Å². The van der Waals surface area contributed by atoms with Gasteiger partial charge in [0.1, 0.15) is 11.5 Å². The monoisotopic (exact) mass is 394 g/mol. The molecule has 1 N–H and O–H groups in total. The molecule has 0 atom stereocenters. The van der Waals surface area contributed by atoms with E-state index in [0.717, 1.165) is 33.4 Å². The predicted octanol–water partition coefficient (Wildman–Crippen LogP) is 6.29. The molecule has 156 valence electrons. The molecule has 0 aliphatic heterocycles. The van der Waals surface area contributed by atoms with E-state index in [0.29, 0.717) is 17.9 Å². The van der Waals surface area contributed by atoms with E-state index in [1.54, 1.807) is 0 Å². The van der Waals surface area contributed by atoms with E-state index >= 15 is 0 Å². The fourth-order valence-electron chi connectivity index (χ4n) is 3.62. The molecule has 0 fully saturated rings. The molecule has 0 unspecified atom stereocenters. The Balaban J connectivity index is 2.77. The molecular weight excluding hydrogens is 360 g/mol. The van der Waals surface area contributed by atoms with Crippen LogP contribution in [0.3, 0.4) is 0 Å². The number of ether oxygens (including phenoxy) is 1. The second-order valence-corrected chi connectivity index (χ2v) is 9.86. The third-order valence-corrected chi connectivity index (χ3v) is 5.15. The van der Waals surface area contributed by atoms with Gasteiger partial charge < -0.3 is 9.84 Å². The van der Waals surface area contributed by atoms with E-state index in [4.69, 9.17) is 4.74 Å². The zero-order valence-corrected chi connectivity index (χ0v) is 19.1. The van der Waals surface area contributed by atoms with Crippen molar-refractivity contribution in [3.05, 3.63) is 70.3 Å². The molecule has 0 amide bonds. The molecule has 2 aromatic carbocycles. The summed E-state index contributed by atoms with van der Waals surface area (Å²) in [6.07, 6.45) is 1.66. The van der Waals surface area contributed by atoms with Gasteiger partial charge in [0.15, 0.2) is 0 Å². The van der Waals surface area contributed by atoms with E-state index < -0.39 is 5.97 Å². The second kappa shape index (κ2) is 8.06. The summed E-state index contributed by atoms with van der Waals surface area (Å²) < 4.78 is 5.74. The smallest absolute Gasteiger partial charge is 0.335 e. The van der Waals surface area contributed by atoms with Crippen LogP contribution in [0.5, 0.6) is 11.5 Å². The normalized spacial score (nSPS) is 12.0. The van der Waals surface area contributed by atoms with Crippen LogP contribution in [0.25, 0.3) is 0 Å². The molecule has 0 aliphatic carbocycles. The summed E-state index contributed by atoms with van der Waals surface area (Å²) in [5.74, 6) is 0.385. The standard InChI is InChI=1S/C26H34O3/c1-10-22(27)29-24-18(13-16(2)14-21(24)26(7,8)9)15-19-20(25(4,5)6)12-11-17(3)23(19)28/h10-14,28H,1,15H2,2-9H3. The molecular formula is C26H34O3. The van der Waals surface area contributed by atoms with E-state index in [1.165, 1.54) is 6.08 Å². The van der Waals surface area contributed by atoms with Crippen molar-refractivity contribution in [1.29, 1.82) is 0 Å². The van der Waals surface area contributed by atoms with Crippen LogP contribution in [0.15, 0.2) is 36.9 Å². The first-order valence-corrected chi connectivity index (χ1v) is 10.1. The number of phenols is 1. The lowest BCUT2D eigenvalue weighted by molar-refractivity contribution is -0.129. The average molecular weight is 395 g/mol. The lowest BCUT2D eigenvalue weighted by atomic mass is 9.79. The quantitative estimate of drug-likeness (QED) is 0.377. The maximum Gasteiger partial charge on any atom is 0.335 e. The van der Waals surface area contributed by atoms with Crippen molar-refractivity contribution in [1.82, 2.24) is 0 Å². The van der Waals surface area contributed by atoms with Crippen LogP contribution < -0.4 is 4.74 Å². The highest BCUT2D eigenvalue weighted by Crippen LogP contribution is 2.40. The third-order valence-electron chi connectivity index (χ3n) is 5.15. The first-order valence-electron chi connectivity index (χ1n) is 10.1. The van der Waals surface area contributed by atoms with Crippen molar-refractivity contribution in [2.45, 2.75) is 72.6 Å². The molecule has 29 heavy (non-hydrogen) atoms. The van der Waals surface area contributed by atoms with Crippen LogP contribution in [0.4, 0.5) is 0 Å². The second-order valence-electron chi connectivity index (χ2n) is 9.86. The van der Waals surface area contributed by atoms with Crippen LogP contribution in [0.2, 0.25) is 0 Å². The van der Waals surface area contributed by atoms with Crippen LogP contribution in [0.1, 0.15) is 74.9 Å². The number of phenolic OH excluding ortho intramolecular Hbond substituents is 1. The van der Waals surface area contributed by atoms with E-state index in [-0.39, 0.29) is 10.8 Å². The van der Waals surface area contributed by atoms with Gasteiger partial charge in [-0.3, -0.25) is 0 Å². The molecule has 0 heterocycles. The Labute approximate surface area is 175 Å². The van der Waals surface area contributed by atoms with Gasteiger partial charge in [-0.15, -0.1) is 0 Å². The van der Waals surface area contributed by atoms with E-state index in [9.17, 15) is 9.90 Å². The molecule has 2 aromatic rings. The minimum Gasteiger partial charge on any atom is -0.507 e. The Morgan fingerprint density at radius 3 is 2.14 bits per heavy atom. The minimum absolute atomic E-state index is 0.130. The number of aryl methyl sites for hydroxylation is 2. The van der Waals surface area contributed by atoms with Crippen LogP contribution in [-0.4, -0.2) is 11.1 Å². The number of benzene rings is 2. The number of hydrogen-bond donors (Lipinski definition) is 1. The van der Waals surface area contributed by atoms with Gasteiger partial charge in [0, 0.05) is 29.2 Å². The fourth-order valence-corrected chi connectivity index (χ4v) is 3.62.